The summed E-state index contributed by atoms with van der Waals surface area (Å²) in [6.07, 6.45) is 2.73. The first-order chi connectivity index (χ1) is 9.08. The van der Waals surface area contributed by atoms with Gasteiger partial charge in [-0.3, -0.25) is 15.1 Å². The van der Waals surface area contributed by atoms with Gasteiger partial charge in [-0.1, -0.05) is 12.1 Å². The summed E-state index contributed by atoms with van der Waals surface area (Å²) < 4.78 is 0.553. The number of nitrogens with zero attached hydrogens (tertiary/aromatic N) is 2. The van der Waals surface area contributed by atoms with Crippen molar-refractivity contribution in [2.75, 3.05) is 11.1 Å². The molecule has 0 bridgehead atoms. The number of halogens is 1. The zero-order valence-corrected chi connectivity index (χ0v) is 11.4. The predicted molar refractivity (Wildman–Crippen MR) is 76.8 cm³/mol. The first-order valence-electron chi connectivity index (χ1n) is 5.44. The normalized spacial score (nSPS) is 10.2. The number of hydrogen-bond donors (Lipinski definition) is 2. The molecule has 0 aliphatic heterocycles. The number of anilines is 2. The van der Waals surface area contributed by atoms with Crippen molar-refractivity contribution in [1.82, 2.24) is 4.98 Å². The molecule has 1 aromatic heterocycles. The highest BCUT2D eigenvalue weighted by Crippen LogP contribution is 2.31. The lowest BCUT2D eigenvalue weighted by Crippen LogP contribution is -2.04. The van der Waals surface area contributed by atoms with Crippen molar-refractivity contribution in [3.05, 3.63) is 56.8 Å². The van der Waals surface area contributed by atoms with Crippen molar-refractivity contribution in [3.63, 3.8) is 0 Å². The quantitative estimate of drug-likeness (QED) is 0.512. The lowest BCUT2D eigenvalue weighted by atomic mass is 10.2. The molecule has 0 radical (unpaired) electrons. The van der Waals surface area contributed by atoms with Gasteiger partial charge in [0.25, 0.3) is 0 Å². The smallest absolute Gasteiger partial charge is 0.311 e. The molecule has 0 unspecified atom stereocenters. The van der Waals surface area contributed by atoms with Crippen LogP contribution in [0.15, 0.2) is 41.1 Å². The van der Waals surface area contributed by atoms with Crippen LogP contribution < -0.4 is 11.1 Å². The van der Waals surface area contributed by atoms with E-state index >= 15 is 0 Å². The van der Waals surface area contributed by atoms with Crippen LogP contribution in [-0.2, 0) is 6.54 Å². The van der Waals surface area contributed by atoms with E-state index in [9.17, 15) is 10.1 Å². The second-order valence-corrected chi connectivity index (χ2v) is 4.72. The maximum atomic E-state index is 10.9. The Bertz CT molecular complexity index is 601. The minimum absolute atomic E-state index is 0.0650. The fourth-order valence-electron chi connectivity index (χ4n) is 1.56. The van der Waals surface area contributed by atoms with E-state index in [0.29, 0.717) is 22.4 Å². The summed E-state index contributed by atoms with van der Waals surface area (Å²) >= 11 is 3.25. The zero-order valence-electron chi connectivity index (χ0n) is 9.84. The Kier molecular flexibility index (Phi) is 3.96. The molecule has 1 aromatic carbocycles. The molecule has 0 spiro atoms. The molecule has 98 valence electrons. The Hall–Kier alpha value is -2.15. The molecule has 7 heteroatoms. The van der Waals surface area contributed by atoms with Gasteiger partial charge in [0.1, 0.15) is 11.9 Å². The molecule has 0 aliphatic carbocycles. The number of nitrogen functional groups attached to an aromatic ring is 1. The highest BCUT2D eigenvalue weighted by Gasteiger charge is 2.16. The molecule has 3 N–H and O–H groups in total. The first-order valence-corrected chi connectivity index (χ1v) is 6.23. The minimum Gasteiger partial charge on any atom is -0.399 e. The molecule has 6 nitrogen and oxygen atoms in total. The summed E-state index contributed by atoms with van der Waals surface area (Å²) in [4.78, 5) is 14.2. The third-order valence-corrected chi connectivity index (χ3v) is 3.13. The molecule has 0 amide bonds. The van der Waals surface area contributed by atoms with Gasteiger partial charge < -0.3 is 11.1 Å². The second kappa shape index (κ2) is 5.66. The number of hydrogen-bond acceptors (Lipinski definition) is 5. The third-order valence-electron chi connectivity index (χ3n) is 2.53. The van der Waals surface area contributed by atoms with Gasteiger partial charge in [0, 0.05) is 18.4 Å². The summed E-state index contributed by atoms with van der Waals surface area (Å²) in [5, 5.41) is 13.9. The summed E-state index contributed by atoms with van der Waals surface area (Å²) in [5.41, 5.74) is 7.60. The molecule has 0 saturated heterocycles. The number of nitro groups is 1. The predicted octanol–water partition coefficient (Wildman–Crippen LogP) is 2.95. The van der Waals surface area contributed by atoms with Gasteiger partial charge in [-0.15, -0.1) is 0 Å². The molecular formula is C12H11BrN4O2. The van der Waals surface area contributed by atoms with Gasteiger partial charge in [0.15, 0.2) is 0 Å². The Balaban J connectivity index is 2.19. The maximum Gasteiger partial charge on any atom is 0.311 e. The lowest BCUT2D eigenvalue weighted by Gasteiger charge is -2.08. The number of aromatic nitrogens is 1. The third kappa shape index (κ3) is 3.19. The number of benzene rings is 1. The van der Waals surface area contributed by atoms with E-state index in [1.807, 2.05) is 12.1 Å². The van der Waals surface area contributed by atoms with Crippen LogP contribution in [0.3, 0.4) is 0 Å². The Morgan fingerprint density at radius 1 is 1.32 bits per heavy atom. The highest BCUT2D eigenvalue weighted by molar-refractivity contribution is 9.10. The van der Waals surface area contributed by atoms with Crippen molar-refractivity contribution >= 4 is 33.0 Å². The average Bonchev–Trinajstić information content (AvgIpc) is 2.39. The first kappa shape index (κ1) is 13.3. The zero-order chi connectivity index (χ0) is 13.8. The maximum absolute atomic E-state index is 10.9. The van der Waals surface area contributed by atoms with Gasteiger partial charge in [0.05, 0.1) is 9.40 Å². The van der Waals surface area contributed by atoms with E-state index in [1.54, 1.807) is 12.1 Å². The van der Waals surface area contributed by atoms with Gasteiger partial charge in [-0.2, -0.15) is 0 Å². The van der Waals surface area contributed by atoms with Crippen LogP contribution in [0.2, 0.25) is 0 Å². The van der Waals surface area contributed by atoms with E-state index in [1.165, 1.54) is 12.4 Å². The summed E-state index contributed by atoms with van der Waals surface area (Å²) in [6, 6.07) is 7.30. The van der Waals surface area contributed by atoms with Crippen LogP contribution in [-0.4, -0.2) is 9.91 Å². The van der Waals surface area contributed by atoms with E-state index in [-0.39, 0.29) is 5.69 Å². The van der Waals surface area contributed by atoms with Crippen molar-refractivity contribution in [3.8, 4) is 0 Å². The largest absolute Gasteiger partial charge is 0.399 e. The lowest BCUT2D eigenvalue weighted by molar-refractivity contribution is -0.384. The molecule has 0 fully saturated rings. The van der Waals surface area contributed by atoms with Crippen LogP contribution >= 0.6 is 15.9 Å². The number of nitrogens with one attached hydrogen (secondary N) is 1. The SMILES string of the molecule is Nc1ccc(CNc2c(Br)cncc2[N+](=O)[O-])cc1. The molecule has 2 rings (SSSR count). The minimum atomic E-state index is -0.469. The molecule has 0 aliphatic rings. The van der Waals surface area contributed by atoms with Crippen LogP contribution in [0.1, 0.15) is 5.56 Å². The van der Waals surface area contributed by atoms with Crippen molar-refractivity contribution in [2.45, 2.75) is 6.54 Å². The summed E-state index contributed by atoms with van der Waals surface area (Å²) in [6.45, 7) is 0.462. The van der Waals surface area contributed by atoms with Crippen molar-refractivity contribution in [1.29, 1.82) is 0 Å². The van der Waals surface area contributed by atoms with E-state index in [2.05, 4.69) is 26.2 Å². The van der Waals surface area contributed by atoms with Gasteiger partial charge in [-0.05, 0) is 33.6 Å². The van der Waals surface area contributed by atoms with Crippen molar-refractivity contribution in [2.24, 2.45) is 0 Å². The summed E-state index contributed by atoms with van der Waals surface area (Å²) in [7, 11) is 0. The fraction of sp³-hybridized carbons (Fsp3) is 0.0833. The monoisotopic (exact) mass is 322 g/mol. The van der Waals surface area contributed by atoms with Gasteiger partial charge in [0.2, 0.25) is 0 Å². The number of nitrogens with two attached hydrogens (primary N) is 1. The van der Waals surface area contributed by atoms with Gasteiger partial charge >= 0.3 is 5.69 Å². The van der Waals surface area contributed by atoms with Gasteiger partial charge in [-0.25, -0.2) is 0 Å². The van der Waals surface area contributed by atoms with Crippen LogP contribution in [0.5, 0.6) is 0 Å². The van der Waals surface area contributed by atoms with Crippen LogP contribution in [0.25, 0.3) is 0 Å². The average molecular weight is 323 g/mol. The number of rotatable bonds is 4. The Morgan fingerprint density at radius 3 is 2.63 bits per heavy atom. The van der Waals surface area contributed by atoms with E-state index in [4.69, 9.17) is 5.73 Å². The van der Waals surface area contributed by atoms with E-state index < -0.39 is 4.92 Å². The highest BCUT2D eigenvalue weighted by atomic mass is 79.9. The molecule has 0 saturated carbocycles. The van der Waals surface area contributed by atoms with Crippen LogP contribution in [0, 0.1) is 10.1 Å². The summed E-state index contributed by atoms with van der Waals surface area (Å²) in [5.74, 6) is 0. The molecule has 2 aromatic rings. The Labute approximate surface area is 117 Å². The fourth-order valence-corrected chi connectivity index (χ4v) is 2.03. The molecule has 19 heavy (non-hydrogen) atoms. The molecular weight excluding hydrogens is 312 g/mol. The van der Waals surface area contributed by atoms with E-state index in [0.717, 1.165) is 5.56 Å². The second-order valence-electron chi connectivity index (χ2n) is 3.87. The molecule has 0 atom stereocenters. The molecule has 1 heterocycles. The Morgan fingerprint density at radius 2 is 2.00 bits per heavy atom. The van der Waals surface area contributed by atoms with Crippen LogP contribution in [0.4, 0.5) is 17.1 Å². The standard InChI is InChI=1S/C12H11BrN4O2/c13-10-6-15-7-11(17(18)19)12(10)16-5-8-1-3-9(14)4-2-8/h1-4,6-7H,5,14H2,(H,15,16). The topological polar surface area (TPSA) is 94.1 Å². The van der Waals surface area contributed by atoms with Crippen molar-refractivity contribution < 1.29 is 4.92 Å². The number of pyridine rings is 1.